The number of hydrogen-bond donors (Lipinski definition) is 4. The maximum atomic E-state index is 11.9. The molecule has 7 heteroatoms. The zero-order chi connectivity index (χ0) is 22.9. The number of esters is 1. The van der Waals surface area contributed by atoms with E-state index >= 15 is 0 Å². The summed E-state index contributed by atoms with van der Waals surface area (Å²) in [5.41, 5.74) is 0. The maximum Gasteiger partial charge on any atom is 0.308 e. The predicted octanol–water partition coefficient (Wildman–Crippen LogP) is 3.37. The standard InChI is InChI=1S/C24H44O7/c1-2-3-4-5-6-7-8-9-10-11-12-13-14-15-16-17-20(26)31-24-23(29)22(28)21(27)19(18-25)30-24/h9-10,19,21-25,27-29H,2-8,11-18H2,1H3/b10-9-/t19-,21-,22+,23+,24?/m0/s1. The average Bonchev–Trinajstić information content (AvgIpc) is 2.76. The van der Waals surface area contributed by atoms with Crippen LogP contribution in [0.2, 0.25) is 0 Å². The lowest BCUT2D eigenvalue weighted by molar-refractivity contribution is -0.292. The summed E-state index contributed by atoms with van der Waals surface area (Å²) in [5.74, 6) is -0.526. The molecule has 7 nitrogen and oxygen atoms in total. The Bertz CT molecular complexity index is 481. The molecule has 1 heterocycles. The Morgan fingerprint density at radius 1 is 0.806 bits per heavy atom. The Kier molecular flexibility index (Phi) is 15.9. The molecule has 1 unspecified atom stereocenters. The Hall–Kier alpha value is -0.990. The Morgan fingerprint density at radius 3 is 1.94 bits per heavy atom. The molecule has 0 spiro atoms. The summed E-state index contributed by atoms with van der Waals surface area (Å²) in [7, 11) is 0. The van der Waals surface area contributed by atoms with Gasteiger partial charge in [-0.2, -0.15) is 0 Å². The third-order valence-corrected chi connectivity index (χ3v) is 5.74. The van der Waals surface area contributed by atoms with Crippen molar-refractivity contribution >= 4 is 5.97 Å². The van der Waals surface area contributed by atoms with E-state index in [4.69, 9.17) is 14.6 Å². The number of unbranched alkanes of at least 4 members (excludes halogenated alkanes) is 11. The lowest BCUT2D eigenvalue weighted by Gasteiger charge is -2.39. The number of allylic oxidation sites excluding steroid dienone is 2. The van der Waals surface area contributed by atoms with Crippen LogP contribution in [0.4, 0.5) is 0 Å². The number of aliphatic hydroxyl groups is 4. The molecular weight excluding hydrogens is 400 g/mol. The molecule has 0 saturated carbocycles. The van der Waals surface area contributed by atoms with Crippen molar-refractivity contribution in [1.29, 1.82) is 0 Å². The zero-order valence-electron chi connectivity index (χ0n) is 19.2. The first-order valence-corrected chi connectivity index (χ1v) is 12.2. The third-order valence-electron chi connectivity index (χ3n) is 5.74. The fourth-order valence-electron chi connectivity index (χ4n) is 3.69. The van der Waals surface area contributed by atoms with E-state index in [1.165, 1.54) is 44.9 Å². The number of aliphatic hydroxyl groups excluding tert-OH is 4. The number of carbonyl (C=O) groups is 1. The SMILES string of the molecule is CCCCCCCC/C=C\CCCCCCCC(=O)OC1O[C@@H](CO)[C@H](O)[C@@H](O)[C@H]1O. The van der Waals surface area contributed by atoms with E-state index < -0.39 is 43.3 Å². The average molecular weight is 445 g/mol. The second-order valence-corrected chi connectivity index (χ2v) is 8.52. The highest BCUT2D eigenvalue weighted by molar-refractivity contribution is 5.69. The summed E-state index contributed by atoms with van der Waals surface area (Å²) >= 11 is 0. The van der Waals surface area contributed by atoms with Crippen LogP contribution in [0.15, 0.2) is 12.2 Å². The summed E-state index contributed by atoms with van der Waals surface area (Å²) in [6.07, 6.45) is 13.0. The lowest BCUT2D eigenvalue weighted by atomic mass is 9.99. The molecule has 31 heavy (non-hydrogen) atoms. The van der Waals surface area contributed by atoms with Crippen LogP contribution in [-0.2, 0) is 14.3 Å². The minimum atomic E-state index is -1.55. The van der Waals surface area contributed by atoms with Crippen LogP contribution in [0.5, 0.6) is 0 Å². The molecule has 5 atom stereocenters. The van der Waals surface area contributed by atoms with Gasteiger partial charge in [-0.25, -0.2) is 0 Å². The largest absolute Gasteiger partial charge is 0.433 e. The third kappa shape index (κ3) is 12.0. The van der Waals surface area contributed by atoms with Crippen molar-refractivity contribution < 1.29 is 34.7 Å². The van der Waals surface area contributed by atoms with E-state index in [9.17, 15) is 20.1 Å². The van der Waals surface area contributed by atoms with Crippen molar-refractivity contribution in [2.45, 2.75) is 128 Å². The molecule has 1 saturated heterocycles. The number of ether oxygens (including phenoxy) is 2. The molecule has 0 radical (unpaired) electrons. The molecule has 0 aromatic carbocycles. The Morgan fingerprint density at radius 2 is 1.35 bits per heavy atom. The highest BCUT2D eigenvalue weighted by atomic mass is 16.7. The monoisotopic (exact) mass is 444 g/mol. The van der Waals surface area contributed by atoms with Crippen LogP contribution in [0.3, 0.4) is 0 Å². The van der Waals surface area contributed by atoms with Gasteiger partial charge in [-0.15, -0.1) is 0 Å². The van der Waals surface area contributed by atoms with E-state index in [0.717, 1.165) is 32.1 Å². The van der Waals surface area contributed by atoms with E-state index in [0.29, 0.717) is 6.42 Å². The van der Waals surface area contributed by atoms with Crippen molar-refractivity contribution in [3.63, 3.8) is 0 Å². The van der Waals surface area contributed by atoms with Crippen molar-refractivity contribution in [2.75, 3.05) is 6.61 Å². The molecule has 0 aliphatic carbocycles. The van der Waals surface area contributed by atoms with Gasteiger partial charge in [0.1, 0.15) is 24.4 Å². The van der Waals surface area contributed by atoms with Crippen LogP contribution in [0.1, 0.15) is 96.8 Å². The van der Waals surface area contributed by atoms with Gasteiger partial charge in [-0.1, -0.05) is 70.4 Å². The first-order valence-electron chi connectivity index (χ1n) is 12.2. The van der Waals surface area contributed by atoms with Gasteiger partial charge in [0.25, 0.3) is 0 Å². The van der Waals surface area contributed by atoms with Crippen molar-refractivity contribution in [3.8, 4) is 0 Å². The van der Waals surface area contributed by atoms with E-state index in [-0.39, 0.29) is 6.42 Å². The zero-order valence-corrected chi connectivity index (χ0v) is 19.2. The molecule has 0 aromatic heterocycles. The molecule has 0 bridgehead atoms. The fraction of sp³-hybridized carbons (Fsp3) is 0.875. The number of hydrogen-bond acceptors (Lipinski definition) is 7. The lowest BCUT2D eigenvalue weighted by Crippen LogP contribution is -2.59. The summed E-state index contributed by atoms with van der Waals surface area (Å²) in [5, 5.41) is 38.5. The van der Waals surface area contributed by atoms with Crippen molar-refractivity contribution in [2.24, 2.45) is 0 Å². The minimum Gasteiger partial charge on any atom is -0.433 e. The molecule has 4 N–H and O–H groups in total. The molecular formula is C24H44O7. The molecule has 1 rings (SSSR count). The number of rotatable bonds is 17. The first kappa shape index (κ1) is 28.0. The van der Waals surface area contributed by atoms with Gasteiger partial charge in [0.15, 0.2) is 0 Å². The normalized spacial score (nSPS) is 26.4. The van der Waals surface area contributed by atoms with E-state index in [1.54, 1.807) is 0 Å². The van der Waals surface area contributed by atoms with E-state index in [2.05, 4.69) is 19.1 Å². The van der Waals surface area contributed by atoms with Gasteiger partial charge in [-0.05, 0) is 32.1 Å². The summed E-state index contributed by atoms with van der Waals surface area (Å²) in [6, 6.07) is 0. The Balaban J connectivity index is 1.99. The molecule has 182 valence electrons. The van der Waals surface area contributed by atoms with Crippen LogP contribution in [0, 0.1) is 0 Å². The van der Waals surface area contributed by atoms with Crippen LogP contribution < -0.4 is 0 Å². The molecule has 1 aliphatic heterocycles. The second-order valence-electron chi connectivity index (χ2n) is 8.52. The quantitative estimate of drug-likeness (QED) is 0.154. The van der Waals surface area contributed by atoms with E-state index in [1.807, 2.05) is 0 Å². The van der Waals surface area contributed by atoms with Gasteiger partial charge in [0, 0.05) is 6.42 Å². The topological polar surface area (TPSA) is 116 Å². The van der Waals surface area contributed by atoms with Gasteiger partial charge in [0.05, 0.1) is 6.61 Å². The smallest absolute Gasteiger partial charge is 0.308 e. The highest BCUT2D eigenvalue weighted by Gasteiger charge is 2.45. The molecule has 1 aliphatic rings. The van der Waals surface area contributed by atoms with Gasteiger partial charge < -0.3 is 29.9 Å². The second kappa shape index (κ2) is 17.6. The fourth-order valence-corrected chi connectivity index (χ4v) is 3.69. The van der Waals surface area contributed by atoms with Crippen LogP contribution in [-0.4, -0.2) is 63.7 Å². The predicted molar refractivity (Wildman–Crippen MR) is 119 cm³/mol. The van der Waals surface area contributed by atoms with Crippen LogP contribution >= 0.6 is 0 Å². The van der Waals surface area contributed by atoms with Gasteiger partial charge >= 0.3 is 5.97 Å². The molecule has 1 fully saturated rings. The summed E-state index contributed by atoms with van der Waals surface area (Å²) in [6.45, 7) is 1.69. The highest BCUT2D eigenvalue weighted by Crippen LogP contribution is 2.22. The Labute approximate surface area is 187 Å². The van der Waals surface area contributed by atoms with Crippen molar-refractivity contribution in [1.82, 2.24) is 0 Å². The van der Waals surface area contributed by atoms with Gasteiger partial charge in [0.2, 0.25) is 6.29 Å². The van der Waals surface area contributed by atoms with Crippen molar-refractivity contribution in [3.05, 3.63) is 12.2 Å². The first-order chi connectivity index (χ1) is 15.0. The summed E-state index contributed by atoms with van der Waals surface area (Å²) < 4.78 is 10.2. The number of carbonyl (C=O) groups excluding carboxylic acids is 1. The van der Waals surface area contributed by atoms with Crippen LogP contribution in [0.25, 0.3) is 0 Å². The molecule has 0 amide bonds. The minimum absolute atomic E-state index is 0.202. The summed E-state index contributed by atoms with van der Waals surface area (Å²) in [4.78, 5) is 11.9. The van der Waals surface area contributed by atoms with Gasteiger partial charge in [-0.3, -0.25) is 4.79 Å². The molecule has 0 aromatic rings. The maximum absolute atomic E-state index is 11.9.